The summed E-state index contributed by atoms with van der Waals surface area (Å²) in [6.07, 6.45) is 1.45. The Morgan fingerprint density at radius 1 is 0.962 bits per heavy atom. The Morgan fingerprint density at radius 2 is 1.69 bits per heavy atom. The van der Waals surface area contributed by atoms with E-state index in [1.807, 2.05) is 31.2 Å². The maximum Gasteiger partial charge on any atom is 0.208 e. The Bertz CT molecular complexity index is 1040. The minimum absolute atomic E-state index is 0.228. The summed E-state index contributed by atoms with van der Waals surface area (Å²) in [7, 11) is -3.57. The van der Waals surface area contributed by atoms with Crippen LogP contribution in [0.5, 0.6) is 0 Å². The number of sulfone groups is 1. The molecule has 6 heteroatoms. The van der Waals surface area contributed by atoms with Crippen LogP contribution in [0, 0.1) is 6.92 Å². The van der Waals surface area contributed by atoms with Gasteiger partial charge in [0, 0.05) is 43.4 Å². The number of hydrogen-bond donors (Lipinski definition) is 1. The lowest BCUT2D eigenvalue weighted by atomic mass is 10.1. The number of anilines is 1. The molecule has 0 unspecified atom stereocenters. The molecule has 134 valence electrons. The minimum atomic E-state index is -3.57. The number of aromatic nitrogens is 1. The third kappa shape index (κ3) is 3.18. The lowest BCUT2D eigenvalue weighted by molar-refractivity contribution is 0.589. The second-order valence-electron chi connectivity index (χ2n) is 6.60. The van der Waals surface area contributed by atoms with E-state index in [1.54, 1.807) is 18.2 Å². The van der Waals surface area contributed by atoms with Gasteiger partial charge in [-0.25, -0.2) is 8.42 Å². The van der Waals surface area contributed by atoms with Gasteiger partial charge in [-0.2, -0.15) is 0 Å². The number of nitrogens with zero attached hydrogens (tertiary/aromatic N) is 2. The molecule has 2 heterocycles. The molecule has 1 N–H and O–H groups in total. The predicted molar refractivity (Wildman–Crippen MR) is 103 cm³/mol. The first-order valence-corrected chi connectivity index (χ1v) is 10.2. The van der Waals surface area contributed by atoms with E-state index in [1.165, 1.54) is 6.20 Å². The van der Waals surface area contributed by atoms with E-state index < -0.39 is 9.84 Å². The van der Waals surface area contributed by atoms with Crippen LogP contribution in [0.15, 0.2) is 64.5 Å². The molecule has 1 aromatic heterocycles. The number of fused-ring (bicyclic) bond motifs is 1. The molecule has 0 saturated carbocycles. The molecule has 1 aliphatic heterocycles. The van der Waals surface area contributed by atoms with E-state index >= 15 is 0 Å². The third-order valence-corrected chi connectivity index (χ3v) is 6.50. The van der Waals surface area contributed by atoms with Crippen LogP contribution in [0.2, 0.25) is 0 Å². The molecule has 0 aliphatic carbocycles. The van der Waals surface area contributed by atoms with Crippen molar-refractivity contribution in [1.29, 1.82) is 0 Å². The number of pyridine rings is 1. The molecule has 0 atom stereocenters. The zero-order valence-corrected chi connectivity index (χ0v) is 15.5. The molecule has 0 bridgehead atoms. The molecule has 1 aliphatic rings. The van der Waals surface area contributed by atoms with Crippen molar-refractivity contribution in [2.45, 2.75) is 16.7 Å². The molecule has 3 aromatic rings. The maximum atomic E-state index is 12.9. The normalized spacial score (nSPS) is 15.3. The molecule has 5 nitrogen and oxygen atoms in total. The van der Waals surface area contributed by atoms with E-state index in [9.17, 15) is 8.42 Å². The number of hydrogen-bond acceptors (Lipinski definition) is 5. The van der Waals surface area contributed by atoms with E-state index in [4.69, 9.17) is 0 Å². The zero-order valence-electron chi connectivity index (χ0n) is 14.6. The van der Waals surface area contributed by atoms with Crippen LogP contribution in [0.4, 0.5) is 5.69 Å². The van der Waals surface area contributed by atoms with Crippen LogP contribution < -0.4 is 10.2 Å². The SMILES string of the molecule is Cc1ccc(S(=O)(=O)c2cnc3ccc(N4CCNCC4)cc3c2)cc1. The molecule has 2 aromatic carbocycles. The van der Waals surface area contributed by atoms with Crippen molar-refractivity contribution >= 4 is 26.4 Å². The number of rotatable bonds is 3. The average Bonchev–Trinajstić information content (AvgIpc) is 2.68. The monoisotopic (exact) mass is 367 g/mol. The molecule has 0 amide bonds. The summed E-state index contributed by atoms with van der Waals surface area (Å²) >= 11 is 0. The lowest BCUT2D eigenvalue weighted by Gasteiger charge is -2.29. The second-order valence-corrected chi connectivity index (χ2v) is 8.55. The second kappa shape index (κ2) is 6.70. The summed E-state index contributed by atoms with van der Waals surface area (Å²) in [5.74, 6) is 0. The van der Waals surface area contributed by atoms with Crippen LogP contribution in [-0.4, -0.2) is 39.6 Å². The van der Waals surface area contributed by atoms with Gasteiger partial charge in [-0.3, -0.25) is 4.98 Å². The molecule has 0 radical (unpaired) electrons. The van der Waals surface area contributed by atoms with Crippen molar-refractivity contribution in [3.8, 4) is 0 Å². The van der Waals surface area contributed by atoms with Gasteiger partial charge in [-0.05, 0) is 43.3 Å². The number of benzene rings is 2. The first kappa shape index (κ1) is 17.0. The summed E-state index contributed by atoms with van der Waals surface area (Å²) < 4.78 is 25.8. The fourth-order valence-corrected chi connectivity index (χ4v) is 4.46. The first-order chi connectivity index (χ1) is 12.5. The Balaban J connectivity index is 1.75. The Morgan fingerprint density at radius 3 is 2.42 bits per heavy atom. The fourth-order valence-electron chi connectivity index (χ4n) is 3.22. The maximum absolute atomic E-state index is 12.9. The number of piperazine rings is 1. The van der Waals surface area contributed by atoms with Gasteiger partial charge in [0.25, 0.3) is 0 Å². The Kier molecular flexibility index (Phi) is 4.38. The van der Waals surface area contributed by atoms with Crippen LogP contribution in [0.1, 0.15) is 5.56 Å². The molecule has 4 rings (SSSR count). The van der Waals surface area contributed by atoms with Gasteiger partial charge in [-0.1, -0.05) is 17.7 Å². The van der Waals surface area contributed by atoms with E-state index in [0.29, 0.717) is 4.90 Å². The van der Waals surface area contributed by atoms with Crippen LogP contribution in [-0.2, 0) is 9.84 Å². The van der Waals surface area contributed by atoms with Crippen molar-refractivity contribution < 1.29 is 8.42 Å². The van der Waals surface area contributed by atoms with Crippen molar-refractivity contribution in [2.24, 2.45) is 0 Å². The predicted octanol–water partition coefficient (Wildman–Crippen LogP) is 2.79. The topological polar surface area (TPSA) is 62.3 Å². The van der Waals surface area contributed by atoms with Crippen molar-refractivity contribution in [1.82, 2.24) is 10.3 Å². The highest BCUT2D eigenvalue weighted by atomic mass is 32.2. The Labute approximate surface area is 153 Å². The van der Waals surface area contributed by atoms with E-state index in [0.717, 1.165) is 48.3 Å². The van der Waals surface area contributed by atoms with Gasteiger partial charge >= 0.3 is 0 Å². The van der Waals surface area contributed by atoms with Gasteiger partial charge in [0.1, 0.15) is 0 Å². The zero-order chi connectivity index (χ0) is 18.1. The van der Waals surface area contributed by atoms with Crippen molar-refractivity contribution in [3.05, 3.63) is 60.3 Å². The summed E-state index contributed by atoms with van der Waals surface area (Å²) in [6.45, 7) is 5.74. The smallest absolute Gasteiger partial charge is 0.208 e. The quantitative estimate of drug-likeness (QED) is 0.771. The average molecular weight is 367 g/mol. The highest BCUT2D eigenvalue weighted by molar-refractivity contribution is 7.91. The minimum Gasteiger partial charge on any atom is -0.369 e. The highest BCUT2D eigenvalue weighted by Gasteiger charge is 2.19. The van der Waals surface area contributed by atoms with Gasteiger partial charge in [0.2, 0.25) is 9.84 Å². The van der Waals surface area contributed by atoms with E-state index in [-0.39, 0.29) is 4.90 Å². The molecule has 1 fully saturated rings. The highest BCUT2D eigenvalue weighted by Crippen LogP contribution is 2.26. The van der Waals surface area contributed by atoms with Crippen LogP contribution in [0.25, 0.3) is 10.9 Å². The summed E-state index contributed by atoms with van der Waals surface area (Å²) in [6, 6.07) is 14.7. The molecular weight excluding hydrogens is 346 g/mol. The molecular formula is C20H21N3O2S. The standard InChI is InChI=1S/C20H21N3O2S/c1-15-2-5-18(6-3-15)26(24,25)19-13-16-12-17(4-7-20(16)22-14-19)23-10-8-21-9-11-23/h2-7,12-14,21H,8-11H2,1H3. The van der Waals surface area contributed by atoms with Gasteiger partial charge in [0.05, 0.1) is 15.3 Å². The summed E-state index contributed by atoms with van der Waals surface area (Å²) in [5, 5.41) is 4.18. The molecule has 0 spiro atoms. The third-order valence-electron chi connectivity index (χ3n) is 4.76. The molecule has 26 heavy (non-hydrogen) atoms. The lowest BCUT2D eigenvalue weighted by Crippen LogP contribution is -2.43. The fraction of sp³-hybridized carbons (Fsp3) is 0.250. The van der Waals surface area contributed by atoms with Crippen LogP contribution in [0.3, 0.4) is 0 Å². The van der Waals surface area contributed by atoms with Crippen molar-refractivity contribution in [3.63, 3.8) is 0 Å². The summed E-state index contributed by atoms with van der Waals surface area (Å²) in [5.41, 5.74) is 2.93. The van der Waals surface area contributed by atoms with Crippen molar-refractivity contribution in [2.75, 3.05) is 31.1 Å². The van der Waals surface area contributed by atoms with Crippen LogP contribution >= 0.6 is 0 Å². The number of aryl methyl sites for hydroxylation is 1. The molecule has 1 saturated heterocycles. The first-order valence-electron chi connectivity index (χ1n) is 8.71. The summed E-state index contributed by atoms with van der Waals surface area (Å²) in [4.78, 5) is 7.19. The Hall–Kier alpha value is -2.44. The van der Waals surface area contributed by atoms with Gasteiger partial charge in [0.15, 0.2) is 0 Å². The van der Waals surface area contributed by atoms with Gasteiger partial charge < -0.3 is 10.2 Å². The van der Waals surface area contributed by atoms with Gasteiger partial charge in [-0.15, -0.1) is 0 Å². The van der Waals surface area contributed by atoms with E-state index in [2.05, 4.69) is 21.3 Å². The largest absolute Gasteiger partial charge is 0.369 e. The number of nitrogens with one attached hydrogen (secondary N) is 1.